The summed E-state index contributed by atoms with van der Waals surface area (Å²) in [6, 6.07) is 8.52. The number of methoxy groups -OCH3 is 1. The summed E-state index contributed by atoms with van der Waals surface area (Å²) < 4.78 is 11.3. The Bertz CT molecular complexity index is 413. The van der Waals surface area contributed by atoms with E-state index in [4.69, 9.17) is 9.47 Å². The number of rotatable bonds is 3. The molecule has 0 radical (unpaired) electrons. The molecule has 0 bridgehead atoms. The van der Waals surface area contributed by atoms with Crippen molar-refractivity contribution in [3.8, 4) is 5.75 Å². The highest BCUT2D eigenvalue weighted by Crippen LogP contribution is 2.35. The molecule has 1 aromatic rings. The third kappa shape index (κ3) is 2.85. The van der Waals surface area contributed by atoms with Gasteiger partial charge in [-0.3, -0.25) is 0 Å². The van der Waals surface area contributed by atoms with Crippen LogP contribution in [-0.4, -0.2) is 38.4 Å². The summed E-state index contributed by atoms with van der Waals surface area (Å²) in [7, 11) is 1.69. The number of ether oxygens (including phenoxy) is 2. The maximum Gasteiger partial charge on any atom is 0.119 e. The third-order valence-corrected chi connectivity index (χ3v) is 4.18. The van der Waals surface area contributed by atoms with Gasteiger partial charge in [-0.2, -0.15) is 0 Å². The Kier molecular flexibility index (Phi) is 3.62. The van der Waals surface area contributed by atoms with Crippen LogP contribution in [0.1, 0.15) is 19.3 Å². The first-order valence-corrected chi connectivity index (χ1v) is 7.05. The van der Waals surface area contributed by atoms with Crippen molar-refractivity contribution < 1.29 is 9.47 Å². The molecule has 0 aliphatic carbocycles. The molecule has 1 spiro atoms. The van der Waals surface area contributed by atoms with Crippen LogP contribution >= 0.6 is 0 Å². The summed E-state index contributed by atoms with van der Waals surface area (Å²) >= 11 is 0. The van der Waals surface area contributed by atoms with Crippen LogP contribution in [0.15, 0.2) is 24.3 Å². The van der Waals surface area contributed by atoms with E-state index in [-0.39, 0.29) is 5.60 Å². The number of benzene rings is 1. The zero-order valence-corrected chi connectivity index (χ0v) is 11.4. The highest BCUT2D eigenvalue weighted by Gasteiger charge is 2.40. The summed E-state index contributed by atoms with van der Waals surface area (Å²) in [4.78, 5) is 0. The zero-order valence-electron chi connectivity index (χ0n) is 11.4. The molecule has 0 unspecified atom stereocenters. The highest BCUT2D eigenvalue weighted by atomic mass is 16.5. The van der Waals surface area contributed by atoms with Gasteiger partial charge in [-0.05, 0) is 56.6 Å². The van der Waals surface area contributed by atoms with Gasteiger partial charge in [-0.1, -0.05) is 0 Å². The smallest absolute Gasteiger partial charge is 0.119 e. The number of piperidine rings is 1. The molecule has 4 nitrogen and oxygen atoms in total. The minimum Gasteiger partial charge on any atom is -0.497 e. The van der Waals surface area contributed by atoms with Crippen LogP contribution in [0.3, 0.4) is 0 Å². The van der Waals surface area contributed by atoms with Crippen LogP contribution in [0, 0.1) is 0 Å². The first-order chi connectivity index (χ1) is 9.30. The topological polar surface area (TPSA) is 42.5 Å². The Morgan fingerprint density at radius 1 is 1.26 bits per heavy atom. The molecule has 0 saturated carbocycles. The molecule has 1 atom stereocenters. The molecule has 2 aliphatic heterocycles. The average molecular weight is 262 g/mol. The van der Waals surface area contributed by atoms with Crippen molar-refractivity contribution in [3.63, 3.8) is 0 Å². The van der Waals surface area contributed by atoms with E-state index in [9.17, 15) is 0 Å². The van der Waals surface area contributed by atoms with E-state index in [2.05, 4.69) is 22.8 Å². The van der Waals surface area contributed by atoms with E-state index in [0.29, 0.717) is 6.04 Å². The zero-order chi connectivity index (χ0) is 13.1. The van der Waals surface area contributed by atoms with Crippen molar-refractivity contribution in [2.45, 2.75) is 30.9 Å². The van der Waals surface area contributed by atoms with Gasteiger partial charge in [0.15, 0.2) is 0 Å². The second-order valence-corrected chi connectivity index (χ2v) is 5.52. The maximum atomic E-state index is 6.08. The van der Waals surface area contributed by atoms with Crippen LogP contribution in [0.2, 0.25) is 0 Å². The molecule has 0 amide bonds. The second kappa shape index (κ2) is 5.39. The third-order valence-electron chi connectivity index (χ3n) is 4.18. The Hall–Kier alpha value is -1.26. The van der Waals surface area contributed by atoms with Crippen molar-refractivity contribution in [3.05, 3.63) is 24.3 Å². The Morgan fingerprint density at radius 3 is 2.68 bits per heavy atom. The van der Waals surface area contributed by atoms with Crippen LogP contribution < -0.4 is 15.4 Å². The van der Waals surface area contributed by atoms with Gasteiger partial charge in [0.25, 0.3) is 0 Å². The summed E-state index contributed by atoms with van der Waals surface area (Å²) in [5, 5.41) is 6.96. The lowest BCUT2D eigenvalue weighted by molar-refractivity contribution is -0.0192. The highest BCUT2D eigenvalue weighted by molar-refractivity contribution is 5.47. The standard InChI is InChI=1S/C15H22N2O2/c1-18-14-4-2-12(3-5-14)17-13-10-15(19-11-13)6-8-16-9-7-15/h2-5,13,16-17H,6-11H2,1H3/t13-/m0/s1. The molecule has 2 heterocycles. The molecule has 2 fully saturated rings. The minimum atomic E-state index is 0.120. The molecule has 104 valence electrons. The van der Waals surface area contributed by atoms with Gasteiger partial charge in [0.2, 0.25) is 0 Å². The SMILES string of the molecule is COc1ccc(N[C@@H]2COC3(CCNCC3)C2)cc1. The van der Waals surface area contributed by atoms with Crippen molar-refractivity contribution in [2.75, 3.05) is 32.1 Å². The molecular weight excluding hydrogens is 240 g/mol. The number of hydrogen-bond donors (Lipinski definition) is 2. The first kappa shape index (κ1) is 12.8. The lowest BCUT2D eigenvalue weighted by Crippen LogP contribution is -2.41. The first-order valence-electron chi connectivity index (χ1n) is 7.05. The van der Waals surface area contributed by atoms with Gasteiger partial charge in [-0.15, -0.1) is 0 Å². The molecule has 2 saturated heterocycles. The summed E-state index contributed by atoms with van der Waals surface area (Å²) in [5.74, 6) is 0.892. The van der Waals surface area contributed by atoms with Crippen LogP contribution in [0.4, 0.5) is 5.69 Å². The largest absolute Gasteiger partial charge is 0.497 e. The summed E-state index contributed by atoms with van der Waals surface area (Å²) in [6.07, 6.45) is 3.38. The molecule has 3 rings (SSSR count). The van der Waals surface area contributed by atoms with Crippen LogP contribution in [-0.2, 0) is 4.74 Å². The van der Waals surface area contributed by atoms with E-state index < -0.39 is 0 Å². The number of anilines is 1. The molecule has 19 heavy (non-hydrogen) atoms. The van der Waals surface area contributed by atoms with E-state index in [0.717, 1.165) is 50.4 Å². The van der Waals surface area contributed by atoms with E-state index >= 15 is 0 Å². The fourth-order valence-corrected chi connectivity index (χ4v) is 3.09. The lowest BCUT2D eigenvalue weighted by Gasteiger charge is -2.32. The van der Waals surface area contributed by atoms with Crippen molar-refractivity contribution in [1.82, 2.24) is 5.32 Å². The predicted molar refractivity (Wildman–Crippen MR) is 75.8 cm³/mol. The van der Waals surface area contributed by atoms with Crippen molar-refractivity contribution in [2.24, 2.45) is 0 Å². The van der Waals surface area contributed by atoms with Crippen molar-refractivity contribution in [1.29, 1.82) is 0 Å². The lowest BCUT2D eigenvalue weighted by atomic mass is 9.88. The molecular formula is C15H22N2O2. The van der Waals surface area contributed by atoms with E-state index in [1.54, 1.807) is 7.11 Å². The van der Waals surface area contributed by atoms with E-state index in [1.165, 1.54) is 0 Å². The van der Waals surface area contributed by atoms with Crippen LogP contribution in [0.5, 0.6) is 5.75 Å². The Morgan fingerprint density at radius 2 is 2.00 bits per heavy atom. The van der Waals surface area contributed by atoms with Gasteiger partial charge < -0.3 is 20.1 Å². The summed E-state index contributed by atoms with van der Waals surface area (Å²) in [6.45, 7) is 2.97. The monoisotopic (exact) mass is 262 g/mol. The van der Waals surface area contributed by atoms with Gasteiger partial charge >= 0.3 is 0 Å². The Labute approximate surface area is 114 Å². The quantitative estimate of drug-likeness (QED) is 0.874. The molecule has 2 N–H and O–H groups in total. The Balaban J connectivity index is 1.58. The fourth-order valence-electron chi connectivity index (χ4n) is 3.09. The van der Waals surface area contributed by atoms with Crippen LogP contribution in [0.25, 0.3) is 0 Å². The molecule has 1 aromatic carbocycles. The predicted octanol–water partition coefficient (Wildman–Crippen LogP) is 2.02. The van der Waals surface area contributed by atoms with Gasteiger partial charge in [0.05, 0.1) is 25.4 Å². The minimum absolute atomic E-state index is 0.120. The van der Waals surface area contributed by atoms with Gasteiger partial charge in [0.1, 0.15) is 5.75 Å². The number of hydrogen-bond acceptors (Lipinski definition) is 4. The fraction of sp³-hybridized carbons (Fsp3) is 0.600. The maximum absolute atomic E-state index is 6.08. The second-order valence-electron chi connectivity index (χ2n) is 5.52. The average Bonchev–Trinajstić information content (AvgIpc) is 2.83. The molecule has 2 aliphatic rings. The van der Waals surface area contributed by atoms with Crippen molar-refractivity contribution >= 4 is 5.69 Å². The normalized spacial score (nSPS) is 25.4. The van der Waals surface area contributed by atoms with Gasteiger partial charge in [-0.25, -0.2) is 0 Å². The molecule has 4 heteroatoms. The number of nitrogens with one attached hydrogen (secondary N) is 2. The summed E-state index contributed by atoms with van der Waals surface area (Å²) in [5.41, 5.74) is 1.26. The van der Waals surface area contributed by atoms with Gasteiger partial charge in [0, 0.05) is 5.69 Å². The molecule has 0 aromatic heterocycles. The van der Waals surface area contributed by atoms with E-state index in [1.807, 2.05) is 12.1 Å².